The molecule has 1 atom stereocenters. The molecule has 0 saturated carbocycles. The predicted octanol–water partition coefficient (Wildman–Crippen LogP) is 2.82. The van der Waals surface area contributed by atoms with Crippen molar-refractivity contribution >= 4 is 10.9 Å². The molecule has 3 rings (SSSR count). The van der Waals surface area contributed by atoms with Gasteiger partial charge < -0.3 is 5.32 Å². The summed E-state index contributed by atoms with van der Waals surface area (Å²) in [6, 6.07) is 12.7. The number of nitrogens with one attached hydrogen (secondary N) is 1. The molecule has 0 aliphatic rings. The SMILES string of the molecule is C[C@@H](NCc1nn(C)c2ccccc12)c1ccncc1. The molecule has 1 N–H and O–H groups in total. The highest BCUT2D eigenvalue weighted by molar-refractivity contribution is 5.81. The van der Waals surface area contributed by atoms with E-state index in [1.54, 1.807) is 0 Å². The minimum absolute atomic E-state index is 0.277. The molecule has 0 fully saturated rings. The quantitative estimate of drug-likeness (QED) is 0.789. The van der Waals surface area contributed by atoms with Crippen molar-refractivity contribution in [1.29, 1.82) is 0 Å². The number of benzene rings is 1. The van der Waals surface area contributed by atoms with Crippen LogP contribution in [0.5, 0.6) is 0 Å². The highest BCUT2D eigenvalue weighted by Gasteiger charge is 2.10. The molecule has 0 spiro atoms. The molecule has 20 heavy (non-hydrogen) atoms. The van der Waals surface area contributed by atoms with Crippen LogP contribution in [0, 0.1) is 0 Å². The average molecular weight is 266 g/mol. The van der Waals surface area contributed by atoms with Gasteiger partial charge in [-0.1, -0.05) is 18.2 Å². The molecule has 2 aromatic heterocycles. The maximum absolute atomic E-state index is 4.60. The highest BCUT2D eigenvalue weighted by atomic mass is 15.3. The fourth-order valence-corrected chi connectivity index (χ4v) is 2.44. The van der Waals surface area contributed by atoms with Crippen LogP contribution in [0.2, 0.25) is 0 Å². The summed E-state index contributed by atoms with van der Waals surface area (Å²) in [5.41, 5.74) is 3.49. The third-order valence-electron chi connectivity index (χ3n) is 3.62. The molecule has 102 valence electrons. The van der Waals surface area contributed by atoms with Crippen molar-refractivity contribution in [3.63, 3.8) is 0 Å². The Kier molecular flexibility index (Phi) is 3.48. The molecule has 1 aromatic carbocycles. The van der Waals surface area contributed by atoms with E-state index in [1.165, 1.54) is 16.5 Å². The number of rotatable bonds is 4. The summed E-state index contributed by atoms with van der Waals surface area (Å²) in [5, 5.41) is 9.33. The zero-order valence-electron chi connectivity index (χ0n) is 11.7. The molecule has 0 unspecified atom stereocenters. The van der Waals surface area contributed by atoms with Gasteiger partial charge >= 0.3 is 0 Å². The lowest BCUT2D eigenvalue weighted by atomic mass is 10.1. The molecule has 0 aliphatic heterocycles. The van der Waals surface area contributed by atoms with Gasteiger partial charge in [0.15, 0.2) is 0 Å². The summed E-state index contributed by atoms with van der Waals surface area (Å²) in [7, 11) is 1.98. The van der Waals surface area contributed by atoms with Crippen LogP contribution in [0.25, 0.3) is 10.9 Å². The third kappa shape index (κ3) is 2.42. The fraction of sp³-hybridized carbons (Fsp3) is 0.250. The van der Waals surface area contributed by atoms with Crippen molar-refractivity contribution in [1.82, 2.24) is 20.1 Å². The minimum Gasteiger partial charge on any atom is -0.304 e. The molecule has 0 saturated heterocycles. The third-order valence-corrected chi connectivity index (χ3v) is 3.62. The van der Waals surface area contributed by atoms with E-state index in [2.05, 4.69) is 40.5 Å². The van der Waals surface area contributed by atoms with Crippen LogP contribution >= 0.6 is 0 Å². The summed E-state index contributed by atoms with van der Waals surface area (Å²) < 4.78 is 1.93. The van der Waals surface area contributed by atoms with Crippen LogP contribution in [0.4, 0.5) is 0 Å². The van der Waals surface area contributed by atoms with Crippen LogP contribution < -0.4 is 5.32 Å². The van der Waals surface area contributed by atoms with Crippen LogP contribution in [0.1, 0.15) is 24.2 Å². The molecular formula is C16H18N4. The molecule has 0 radical (unpaired) electrons. The first-order valence-corrected chi connectivity index (χ1v) is 6.79. The van der Waals surface area contributed by atoms with Gasteiger partial charge in [-0.05, 0) is 30.7 Å². The lowest BCUT2D eigenvalue weighted by Gasteiger charge is -2.12. The summed E-state index contributed by atoms with van der Waals surface area (Å²) in [5.74, 6) is 0. The second kappa shape index (κ2) is 5.43. The van der Waals surface area contributed by atoms with Crippen molar-refractivity contribution in [3.8, 4) is 0 Å². The Morgan fingerprint density at radius 3 is 2.70 bits per heavy atom. The zero-order chi connectivity index (χ0) is 13.9. The summed E-state index contributed by atoms with van der Waals surface area (Å²) >= 11 is 0. The van der Waals surface area contributed by atoms with E-state index in [4.69, 9.17) is 0 Å². The van der Waals surface area contributed by atoms with E-state index in [-0.39, 0.29) is 6.04 Å². The molecule has 4 nitrogen and oxygen atoms in total. The Balaban J connectivity index is 1.77. The van der Waals surface area contributed by atoms with E-state index in [0.29, 0.717) is 0 Å². The van der Waals surface area contributed by atoms with Gasteiger partial charge in [0.05, 0.1) is 11.2 Å². The normalized spacial score (nSPS) is 12.7. The van der Waals surface area contributed by atoms with E-state index >= 15 is 0 Å². The van der Waals surface area contributed by atoms with Crippen molar-refractivity contribution in [2.75, 3.05) is 0 Å². The average Bonchev–Trinajstić information content (AvgIpc) is 2.83. The molecule has 2 heterocycles. The number of pyridine rings is 1. The fourth-order valence-electron chi connectivity index (χ4n) is 2.44. The van der Waals surface area contributed by atoms with Gasteiger partial charge in [-0.2, -0.15) is 5.10 Å². The minimum atomic E-state index is 0.277. The van der Waals surface area contributed by atoms with Gasteiger partial charge in [-0.3, -0.25) is 9.67 Å². The molecule has 0 aliphatic carbocycles. The van der Waals surface area contributed by atoms with Gasteiger partial charge in [0, 0.05) is 37.4 Å². The van der Waals surface area contributed by atoms with E-state index < -0.39 is 0 Å². The van der Waals surface area contributed by atoms with Crippen molar-refractivity contribution in [3.05, 3.63) is 60.0 Å². The summed E-state index contributed by atoms with van der Waals surface area (Å²) in [4.78, 5) is 4.05. The van der Waals surface area contributed by atoms with Gasteiger partial charge in [-0.15, -0.1) is 0 Å². The zero-order valence-corrected chi connectivity index (χ0v) is 11.7. The number of aryl methyl sites for hydroxylation is 1. The lowest BCUT2D eigenvalue weighted by molar-refractivity contribution is 0.563. The van der Waals surface area contributed by atoms with E-state index in [0.717, 1.165) is 12.2 Å². The maximum atomic E-state index is 4.60. The van der Waals surface area contributed by atoms with Crippen molar-refractivity contribution in [2.45, 2.75) is 19.5 Å². The Morgan fingerprint density at radius 1 is 1.15 bits per heavy atom. The van der Waals surface area contributed by atoms with Gasteiger partial charge in [0.2, 0.25) is 0 Å². The first kappa shape index (κ1) is 12.8. The second-order valence-corrected chi connectivity index (χ2v) is 4.97. The van der Waals surface area contributed by atoms with Gasteiger partial charge in [0.25, 0.3) is 0 Å². The Bertz CT molecular complexity index is 703. The number of nitrogens with zero attached hydrogens (tertiary/aromatic N) is 3. The Labute approximate surface area is 118 Å². The standard InChI is InChI=1S/C16H18N4/c1-12(13-7-9-17-10-8-13)18-11-15-14-5-3-4-6-16(14)20(2)19-15/h3-10,12,18H,11H2,1-2H3/t12-/m1/s1. The second-order valence-electron chi connectivity index (χ2n) is 4.97. The maximum Gasteiger partial charge on any atom is 0.0841 e. The molecular weight excluding hydrogens is 248 g/mol. The molecule has 0 amide bonds. The Hall–Kier alpha value is -2.20. The van der Waals surface area contributed by atoms with Crippen molar-refractivity contribution in [2.24, 2.45) is 7.05 Å². The highest BCUT2D eigenvalue weighted by Crippen LogP contribution is 2.18. The van der Waals surface area contributed by atoms with E-state index in [1.807, 2.05) is 42.3 Å². The number of hydrogen-bond donors (Lipinski definition) is 1. The first-order chi connectivity index (χ1) is 9.75. The van der Waals surface area contributed by atoms with E-state index in [9.17, 15) is 0 Å². The van der Waals surface area contributed by atoms with Crippen LogP contribution in [0.15, 0.2) is 48.8 Å². The van der Waals surface area contributed by atoms with Crippen molar-refractivity contribution < 1.29 is 0 Å². The molecule has 0 bridgehead atoms. The monoisotopic (exact) mass is 266 g/mol. The number of para-hydroxylation sites is 1. The van der Waals surface area contributed by atoms with Crippen LogP contribution in [-0.4, -0.2) is 14.8 Å². The lowest BCUT2D eigenvalue weighted by Crippen LogP contribution is -2.18. The van der Waals surface area contributed by atoms with Crippen LogP contribution in [0.3, 0.4) is 0 Å². The number of aromatic nitrogens is 3. The number of fused-ring (bicyclic) bond motifs is 1. The van der Waals surface area contributed by atoms with Gasteiger partial charge in [0.1, 0.15) is 0 Å². The van der Waals surface area contributed by atoms with Gasteiger partial charge in [-0.25, -0.2) is 0 Å². The molecule has 3 aromatic rings. The topological polar surface area (TPSA) is 42.7 Å². The molecule has 4 heteroatoms. The first-order valence-electron chi connectivity index (χ1n) is 6.79. The van der Waals surface area contributed by atoms with Crippen LogP contribution in [-0.2, 0) is 13.6 Å². The predicted molar refractivity (Wildman–Crippen MR) is 80.2 cm³/mol. The smallest absolute Gasteiger partial charge is 0.0841 e. The largest absolute Gasteiger partial charge is 0.304 e. The number of hydrogen-bond acceptors (Lipinski definition) is 3. The summed E-state index contributed by atoms with van der Waals surface area (Å²) in [6.45, 7) is 2.91. The Morgan fingerprint density at radius 2 is 1.90 bits per heavy atom. The summed E-state index contributed by atoms with van der Waals surface area (Å²) in [6.07, 6.45) is 3.65.